The van der Waals surface area contributed by atoms with Crippen LogP contribution in [0.5, 0.6) is 0 Å². The van der Waals surface area contributed by atoms with Gasteiger partial charge in [0.05, 0.1) is 41.0 Å². The predicted octanol–water partition coefficient (Wildman–Crippen LogP) is 5.95. The van der Waals surface area contributed by atoms with E-state index >= 15 is 0 Å². The van der Waals surface area contributed by atoms with Gasteiger partial charge in [0, 0.05) is 62.5 Å². The number of hydrogen-bond donors (Lipinski definition) is 2. The molecule has 11 nitrogen and oxygen atoms in total. The van der Waals surface area contributed by atoms with Crippen molar-refractivity contribution < 1.29 is 4.79 Å². The molecule has 2 N–H and O–H groups in total. The SMILES string of the molecule is CCCC(CCCCNc1ncc(C#N)c(-c2cn(C)nc2C)n1)C(C(=O)NCc1ccccc1)c1ccc(-c2cnn(C)c2)cn1. The third-order valence-corrected chi connectivity index (χ3v) is 8.33. The first kappa shape index (κ1) is 33.0. The second-order valence-electron chi connectivity index (χ2n) is 11.9. The third-order valence-electron chi connectivity index (χ3n) is 8.33. The van der Waals surface area contributed by atoms with E-state index < -0.39 is 0 Å². The summed E-state index contributed by atoms with van der Waals surface area (Å²) >= 11 is 0. The van der Waals surface area contributed by atoms with Crippen LogP contribution < -0.4 is 10.6 Å². The van der Waals surface area contributed by atoms with Crippen LogP contribution in [0.15, 0.2) is 73.4 Å². The molecular weight excluding hydrogens is 588 g/mol. The Kier molecular flexibility index (Phi) is 11.1. The Morgan fingerprint density at radius 1 is 0.957 bits per heavy atom. The van der Waals surface area contributed by atoms with E-state index in [-0.39, 0.29) is 17.7 Å². The molecule has 2 unspecified atom stereocenters. The van der Waals surface area contributed by atoms with Crippen molar-refractivity contribution in [3.05, 3.63) is 96.0 Å². The Labute approximate surface area is 276 Å². The van der Waals surface area contributed by atoms with Gasteiger partial charge in [0.25, 0.3) is 0 Å². The normalized spacial score (nSPS) is 12.3. The molecule has 5 aromatic rings. The maximum atomic E-state index is 13.9. The summed E-state index contributed by atoms with van der Waals surface area (Å²) in [5.74, 6) is 0.222. The highest BCUT2D eigenvalue weighted by atomic mass is 16.1. The van der Waals surface area contributed by atoms with Gasteiger partial charge in [-0.3, -0.25) is 19.1 Å². The zero-order chi connectivity index (χ0) is 33.2. The van der Waals surface area contributed by atoms with E-state index in [1.807, 2.05) is 88.3 Å². The van der Waals surface area contributed by atoms with Crippen molar-refractivity contribution >= 4 is 11.9 Å². The summed E-state index contributed by atoms with van der Waals surface area (Å²) in [6.07, 6.45) is 13.6. The molecule has 0 aliphatic heterocycles. The Balaban J connectivity index is 1.26. The largest absolute Gasteiger partial charge is 0.354 e. The number of aromatic nitrogens is 7. The smallest absolute Gasteiger partial charge is 0.229 e. The summed E-state index contributed by atoms with van der Waals surface area (Å²) in [4.78, 5) is 27.7. The molecule has 2 atom stereocenters. The number of nitrogens with zero attached hydrogens (tertiary/aromatic N) is 8. The molecule has 0 fully saturated rings. The minimum atomic E-state index is -0.373. The molecule has 4 aromatic heterocycles. The fourth-order valence-corrected chi connectivity index (χ4v) is 5.98. The van der Waals surface area contributed by atoms with Gasteiger partial charge >= 0.3 is 0 Å². The van der Waals surface area contributed by atoms with E-state index in [0.717, 1.165) is 65.7 Å². The van der Waals surface area contributed by atoms with Crippen LogP contribution in [-0.4, -0.2) is 47.0 Å². The number of nitriles is 1. The second kappa shape index (κ2) is 15.8. The summed E-state index contributed by atoms with van der Waals surface area (Å²) < 4.78 is 3.48. The van der Waals surface area contributed by atoms with Gasteiger partial charge in [-0.05, 0) is 43.7 Å². The van der Waals surface area contributed by atoms with E-state index in [1.54, 1.807) is 15.6 Å². The third kappa shape index (κ3) is 8.47. The Hall–Kier alpha value is -5.37. The van der Waals surface area contributed by atoms with Crippen LogP contribution in [0.2, 0.25) is 0 Å². The molecular formula is C36H42N10O. The van der Waals surface area contributed by atoms with E-state index in [0.29, 0.717) is 30.3 Å². The van der Waals surface area contributed by atoms with Crippen LogP contribution in [0.3, 0.4) is 0 Å². The Morgan fingerprint density at radius 2 is 1.79 bits per heavy atom. The lowest BCUT2D eigenvalue weighted by Crippen LogP contribution is -2.34. The predicted molar refractivity (Wildman–Crippen MR) is 182 cm³/mol. The number of benzene rings is 1. The number of carbonyl (C=O) groups excluding carboxylic acids is 1. The lowest BCUT2D eigenvalue weighted by molar-refractivity contribution is -0.124. The molecule has 0 radical (unpaired) electrons. The average Bonchev–Trinajstić information content (AvgIpc) is 3.67. The molecule has 0 bridgehead atoms. The Bertz CT molecular complexity index is 1800. The summed E-state index contributed by atoms with van der Waals surface area (Å²) in [5, 5.41) is 24.8. The van der Waals surface area contributed by atoms with Crippen molar-refractivity contribution in [1.29, 1.82) is 5.26 Å². The van der Waals surface area contributed by atoms with Gasteiger partial charge in [0.15, 0.2) is 0 Å². The van der Waals surface area contributed by atoms with Crippen molar-refractivity contribution in [3.63, 3.8) is 0 Å². The zero-order valence-electron chi connectivity index (χ0n) is 27.5. The number of aryl methyl sites for hydroxylation is 3. The molecule has 11 heteroatoms. The molecule has 242 valence electrons. The Morgan fingerprint density at radius 3 is 2.45 bits per heavy atom. The van der Waals surface area contributed by atoms with E-state index in [4.69, 9.17) is 4.98 Å². The fourth-order valence-electron chi connectivity index (χ4n) is 5.98. The minimum Gasteiger partial charge on any atom is -0.354 e. The molecule has 0 aliphatic carbocycles. The van der Waals surface area contributed by atoms with Gasteiger partial charge in [-0.25, -0.2) is 9.97 Å². The number of anilines is 1. The molecule has 5 rings (SSSR count). The number of hydrogen-bond acceptors (Lipinski definition) is 8. The van der Waals surface area contributed by atoms with Crippen molar-refractivity contribution in [2.75, 3.05) is 11.9 Å². The fraction of sp³-hybridized carbons (Fsp3) is 0.361. The highest BCUT2D eigenvalue weighted by Gasteiger charge is 2.30. The van der Waals surface area contributed by atoms with Crippen LogP contribution in [-0.2, 0) is 25.4 Å². The molecule has 1 amide bonds. The molecule has 4 heterocycles. The van der Waals surface area contributed by atoms with E-state index in [1.165, 1.54) is 0 Å². The minimum absolute atomic E-state index is 0.00346. The van der Waals surface area contributed by atoms with Crippen molar-refractivity contribution in [1.82, 2.24) is 39.8 Å². The van der Waals surface area contributed by atoms with Gasteiger partial charge in [-0.2, -0.15) is 15.5 Å². The van der Waals surface area contributed by atoms with Gasteiger partial charge < -0.3 is 10.6 Å². The van der Waals surface area contributed by atoms with Crippen LogP contribution in [0.1, 0.15) is 67.5 Å². The first-order chi connectivity index (χ1) is 22.9. The lowest BCUT2D eigenvalue weighted by Gasteiger charge is -2.26. The van der Waals surface area contributed by atoms with Gasteiger partial charge in [0.2, 0.25) is 11.9 Å². The van der Waals surface area contributed by atoms with Crippen molar-refractivity contribution in [2.24, 2.45) is 20.0 Å². The quantitative estimate of drug-likeness (QED) is 0.135. The van der Waals surface area contributed by atoms with E-state index in [9.17, 15) is 10.1 Å². The molecule has 0 saturated heterocycles. The highest BCUT2D eigenvalue weighted by molar-refractivity contribution is 5.83. The number of nitrogens with one attached hydrogen (secondary N) is 2. The van der Waals surface area contributed by atoms with Crippen LogP contribution in [0.4, 0.5) is 5.95 Å². The summed E-state index contributed by atoms with van der Waals surface area (Å²) in [6.45, 7) is 5.20. The zero-order valence-corrected chi connectivity index (χ0v) is 27.5. The van der Waals surface area contributed by atoms with Gasteiger partial charge in [-0.1, -0.05) is 56.2 Å². The molecule has 0 saturated carbocycles. The van der Waals surface area contributed by atoms with E-state index in [2.05, 4.69) is 43.8 Å². The van der Waals surface area contributed by atoms with Crippen LogP contribution in [0.25, 0.3) is 22.4 Å². The highest BCUT2D eigenvalue weighted by Crippen LogP contribution is 2.33. The lowest BCUT2D eigenvalue weighted by atomic mass is 9.81. The maximum absolute atomic E-state index is 13.9. The topological polar surface area (TPSA) is 139 Å². The number of carbonyl (C=O) groups is 1. The molecule has 0 spiro atoms. The number of pyridine rings is 1. The van der Waals surface area contributed by atoms with Gasteiger partial charge in [-0.15, -0.1) is 0 Å². The summed E-state index contributed by atoms with van der Waals surface area (Å²) in [6, 6.07) is 16.2. The standard InChI is InChI=1S/C36H42N10O/c1-5-11-27(14-9-10-17-38-36-41-21-29(18-37)34(43-36)31-24-46(4)44-25(31)2)33(35(47)40-19-26-12-7-6-8-13-26)32-16-15-28(20-39-32)30-22-42-45(3)23-30/h6-8,12-13,15-16,20-24,27,33H,5,9-11,14,17,19H2,1-4H3,(H,40,47)(H,38,41,43). The summed E-state index contributed by atoms with van der Waals surface area (Å²) in [7, 11) is 3.74. The summed E-state index contributed by atoms with van der Waals surface area (Å²) in [5.41, 5.74) is 6.40. The first-order valence-corrected chi connectivity index (χ1v) is 16.1. The number of rotatable bonds is 15. The molecule has 1 aromatic carbocycles. The van der Waals surface area contributed by atoms with Crippen molar-refractivity contribution in [3.8, 4) is 28.5 Å². The monoisotopic (exact) mass is 630 g/mol. The van der Waals surface area contributed by atoms with Crippen molar-refractivity contribution in [2.45, 2.75) is 58.4 Å². The number of amides is 1. The molecule has 0 aliphatic rings. The van der Waals surface area contributed by atoms with Crippen LogP contribution >= 0.6 is 0 Å². The molecule has 47 heavy (non-hydrogen) atoms. The number of unbranched alkanes of at least 4 members (excludes halogenated alkanes) is 1. The average molecular weight is 631 g/mol. The van der Waals surface area contributed by atoms with Crippen LogP contribution in [0, 0.1) is 24.2 Å². The maximum Gasteiger partial charge on any atom is 0.229 e. The first-order valence-electron chi connectivity index (χ1n) is 16.1. The van der Waals surface area contributed by atoms with Gasteiger partial charge in [0.1, 0.15) is 6.07 Å². The second-order valence-corrected chi connectivity index (χ2v) is 11.9.